The molecule has 1 saturated carbocycles. The summed E-state index contributed by atoms with van der Waals surface area (Å²) >= 11 is 5.84. The van der Waals surface area contributed by atoms with Crippen LogP contribution in [0.4, 0.5) is 11.9 Å². The number of hydrogen-bond donors (Lipinski definition) is 2. The highest BCUT2D eigenvalue weighted by Crippen LogP contribution is 2.32. The lowest BCUT2D eigenvalue weighted by molar-refractivity contribution is 0.434. The van der Waals surface area contributed by atoms with E-state index in [-0.39, 0.29) is 5.28 Å². The van der Waals surface area contributed by atoms with Crippen molar-refractivity contribution in [3.8, 4) is 0 Å². The molecule has 5 nitrogen and oxygen atoms in total. The van der Waals surface area contributed by atoms with Crippen molar-refractivity contribution in [2.24, 2.45) is 11.8 Å². The van der Waals surface area contributed by atoms with Crippen LogP contribution in [-0.4, -0.2) is 28.0 Å². The van der Waals surface area contributed by atoms with Gasteiger partial charge in [0.25, 0.3) is 0 Å². The summed E-state index contributed by atoms with van der Waals surface area (Å²) < 4.78 is 0. The Hall–Kier alpha value is -1.10. The molecule has 0 spiro atoms. The average Bonchev–Trinajstić information content (AvgIpc) is 2.60. The Bertz CT molecular complexity index is 397. The predicted octanol–water partition coefficient (Wildman–Crippen LogP) is 2.41. The minimum Gasteiger partial charge on any atom is -0.357 e. The van der Waals surface area contributed by atoms with Gasteiger partial charge in [0.1, 0.15) is 0 Å². The van der Waals surface area contributed by atoms with E-state index in [4.69, 9.17) is 11.6 Å². The zero-order valence-electron chi connectivity index (χ0n) is 10.4. The van der Waals surface area contributed by atoms with Crippen molar-refractivity contribution in [3.63, 3.8) is 0 Å². The molecule has 1 aliphatic rings. The molecule has 2 rings (SSSR count). The molecule has 0 amide bonds. The Morgan fingerprint density at radius 1 is 1.12 bits per heavy atom. The average molecular weight is 256 g/mol. The van der Waals surface area contributed by atoms with Gasteiger partial charge in [-0.15, -0.1) is 0 Å². The molecule has 0 aliphatic heterocycles. The second kappa shape index (κ2) is 5.04. The highest BCUT2D eigenvalue weighted by molar-refractivity contribution is 6.28. The van der Waals surface area contributed by atoms with E-state index in [1.54, 1.807) is 7.05 Å². The van der Waals surface area contributed by atoms with Gasteiger partial charge in [-0.05, 0) is 36.3 Å². The third-order valence-corrected chi connectivity index (χ3v) is 3.78. The smallest absolute Gasteiger partial charge is 0.229 e. The van der Waals surface area contributed by atoms with Gasteiger partial charge in [-0.2, -0.15) is 15.0 Å². The molecule has 94 valence electrons. The van der Waals surface area contributed by atoms with Gasteiger partial charge in [0.05, 0.1) is 0 Å². The quantitative estimate of drug-likeness (QED) is 0.869. The van der Waals surface area contributed by atoms with Crippen LogP contribution in [0, 0.1) is 11.8 Å². The van der Waals surface area contributed by atoms with Crippen molar-refractivity contribution in [1.82, 2.24) is 15.0 Å². The number of anilines is 2. The number of hydrogen-bond acceptors (Lipinski definition) is 5. The van der Waals surface area contributed by atoms with Crippen molar-refractivity contribution in [2.45, 2.75) is 32.7 Å². The van der Waals surface area contributed by atoms with Crippen LogP contribution in [0.5, 0.6) is 0 Å². The van der Waals surface area contributed by atoms with Gasteiger partial charge < -0.3 is 10.6 Å². The van der Waals surface area contributed by atoms with E-state index in [9.17, 15) is 0 Å². The molecule has 1 heterocycles. The molecule has 0 saturated heterocycles. The molecule has 17 heavy (non-hydrogen) atoms. The summed E-state index contributed by atoms with van der Waals surface area (Å²) in [6, 6.07) is 0.424. The van der Waals surface area contributed by atoms with Crippen LogP contribution >= 0.6 is 11.6 Å². The van der Waals surface area contributed by atoms with Gasteiger partial charge in [-0.3, -0.25) is 0 Å². The largest absolute Gasteiger partial charge is 0.357 e. The molecule has 1 aromatic heterocycles. The van der Waals surface area contributed by atoms with E-state index in [1.165, 1.54) is 6.42 Å². The van der Waals surface area contributed by atoms with Gasteiger partial charge in [0.2, 0.25) is 17.2 Å². The zero-order chi connectivity index (χ0) is 12.4. The van der Waals surface area contributed by atoms with Crippen molar-refractivity contribution >= 4 is 23.5 Å². The fraction of sp³-hybridized carbons (Fsp3) is 0.727. The lowest BCUT2D eigenvalue weighted by atomic mass is 9.98. The van der Waals surface area contributed by atoms with Crippen LogP contribution in [0.25, 0.3) is 0 Å². The monoisotopic (exact) mass is 255 g/mol. The van der Waals surface area contributed by atoms with E-state index >= 15 is 0 Å². The van der Waals surface area contributed by atoms with Crippen LogP contribution < -0.4 is 10.6 Å². The molecule has 1 aliphatic carbocycles. The Labute approximate surface area is 106 Å². The molecule has 0 bridgehead atoms. The second-order valence-corrected chi connectivity index (χ2v) is 5.00. The van der Waals surface area contributed by atoms with Crippen molar-refractivity contribution in [3.05, 3.63) is 5.28 Å². The third-order valence-electron chi connectivity index (χ3n) is 3.61. The van der Waals surface area contributed by atoms with Crippen LogP contribution in [0.15, 0.2) is 0 Å². The predicted molar refractivity (Wildman–Crippen MR) is 69.4 cm³/mol. The topological polar surface area (TPSA) is 62.7 Å². The molecule has 0 radical (unpaired) electrons. The minimum absolute atomic E-state index is 0.213. The molecule has 0 aromatic carbocycles. The minimum atomic E-state index is 0.213. The number of rotatable bonds is 3. The summed E-state index contributed by atoms with van der Waals surface area (Å²) in [6.07, 6.45) is 2.40. The number of halogens is 1. The van der Waals surface area contributed by atoms with E-state index in [1.807, 2.05) is 0 Å². The summed E-state index contributed by atoms with van der Waals surface area (Å²) in [4.78, 5) is 12.3. The first kappa shape index (κ1) is 12.4. The first-order valence-corrected chi connectivity index (χ1v) is 6.34. The molecule has 6 heteroatoms. The van der Waals surface area contributed by atoms with Gasteiger partial charge in [0, 0.05) is 13.1 Å². The molecule has 3 unspecified atom stereocenters. The summed E-state index contributed by atoms with van der Waals surface area (Å²) in [5.41, 5.74) is 0. The van der Waals surface area contributed by atoms with Crippen LogP contribution in [0.3, 0.4) is 0 Å². The Morgan fingerprint density at radius 3 is 2.41 bits per heavy atom. The van der Waals surface area contributed by atoms with Crippen LogP contribution in [-0.2, 0) is 0 Å². The van der Waals surface area contributed by atoms with Gasteiger partial charge in [0.15, 0.2) is 0 Å². The number of aromatic nitrogens is 3. The van der Waals surface area contributed by atoms with E-state index in [2.05, 4.69) is 39.4 Å². The number of nitrogens with zero attached hydrogens (tertiary/aromatic N) is 3. The molecule has 3 atom stereocenters. The van der Waals surface area contributed by atoms with Crippen molar-refractivity contribution in [2.75, 3.05) is 17.7 Å². The first-order valence-electron chi connectivity index (χ1n) is 5.96. The highest BCUT2D eigenvalue weighted by atomic mass is 35.5. The fourth-order valence-electron chi connectivity index (χ4n) is 2.26. The lowest BCUT2D eigenvalue weighted by Crippen LogP contribution is -2.25. The molecule has 1 aromatic rings. The van der Waals surface area contributed by atoms with Gasteiger partial charge in [-0.1, -0.05) is 13.8 Å². The summed E-state index contributed by atoms with van der Waals surface area (Å²) in [7, 11) is 1.76. The standard InChI is InChI=1S/C11H18ClN5/c1-6-4-5-8(7(6)2)14-11-16-9(12)15-10(13-3)17-11/h6-8H,4-5H2,1-3H3,(H2,13,14,15,16,17). The Balaban J connectivity index is 2.10. The summed E-state index contributed by atoms with van der Waals surface area (Å²) in [6.45, 7) is 4.54. The maximum Gasteiger partial charge on any atom is 0.229 e. The Morgan fingerprint density at radius 2 is 1.82 bits per heavy atom. The van der Waals surface area contributed by atoms with Crippen LogP contribution in [0.1, 0.15) is 26.7 Å². The third kappa shape index (κ3) is 2.77. The summed E-state index contributed by atoms with van der Waals surface area (Å²) in [5, 5.41) is 6.43. The Kier molecular flexibility index (Phi) is 3.66. The zero-order valence-corrected chi connectivity index (χ0v) is 11.1. The molecular weight excluding hydrogens is 238 g/mol. The maximum absolute atomic E-state index is 5.84. The number of nitrogens with one attached hydrogen (secondary N) is 2. The van der Waals surface area contributed by atoms with Gasteiger partial charge in [-0.25, -0.2) is 0 Å². The summed E-state index contributed by atoms with van der Waals surface area (Å²) in [5.74, 6) is 2.42. The molecule has 1 fully saturated rings. The van der Waals surface area contributed by atoms with Crippen molar-refractivity contribution in [1.29, 1.82) is 0 Å². The van der Waals surface area contributed by atoms with Crippen molar-refractivity contribution < 1.29 is 0 Å². The van der Waals surface area contributed by atoms with E-state index in [0.717, 1.165) is 12.3 Å². The van der Waals surface area contributed by atoms with Gasteiger partial charge >= 0.3 is 0 Å². The van der Waals surface area contributed by atoms with E-state index < -0.39 is 0 Å². The second-order valence-electron chi connectivity index (χ2n) is 4.67. The maximum atomic E-state index is 5.84. The highest BCUT2D eigenvalue weighted by Gasteiger charge is 2.30. The van der Waals surface area contributed by atoms with Crippen LogP contribution in [0.2, 0.25) is 5.28 Å². The molecule has 2 N–H and O–H groups in total. The SMILES string of the molecule is CNc1nc(Cl)nc(NC2CCC(C)C2C)n1. The van der Waals surface area contributed by atoms with E-state index in [0.29, 0.717) is 23.9 Å². The lowest BCUT2D eigenvalue weighted by Gasteiger charge is -2.19. The first-order chi connectivity index (χ1) is 8.10. The normalized spacial score (nSPS) is 28.1. The molecular formula is C11H18ClN5. The fourth-order valence-corrected chi connectivity index (χ4v) is 2.42.